The van der Waals surface area contributed by atoms with Crippen LogP contribution in [0.4, 0.5) is 0 Å². The number of guanidine groups is 1. The zero-order valence-electron chi connectivity index (χ0n) is 15.1. The summed E-state index contributed by atoms with van der Waals surface area (Å²) in [6.45, 7) is 4.42. The second-order valence-corrected chi connectivity index (χ2v) is 6.48. The molecular weight excluding hydrogens is 314 g/mol. The van der Waals surface area contributed by atoms with E-state index in [1.807, 2.05) is 30.2 Å². The average Bonchev–Trinajstić information content (AvgIpc) is 3.29. The number of methoxy groups -OCH3 is 1. The molecule has 1 unspecified atom stereocenters. The molecule has 1 fully saturated rings. The van der Waals surface area contributed by atoms with Gasteiger partial charge in [0.05, 0.1) is 13.2 Å². The number of likely N-dealkylation sites (tertiary alicyclic amines) is 1. The Morgan fingerprint density at radius 3 is 3.00 bits per heavy atom. The van der Waals surface area contributed by atoms with Gasteiger partial charge in [0.15, 0.2) is 5.96 Å². The Bertz CT molecular complexity index is 683. The zero-order chi connectivity index (χ0) is 17.5. The maximum Gasteiger partial charge on any atom is 0.193 e. The Morgan fingerprint density at radius 2 is 2.24 bits per heavy atom. The average molecular weight is 341 g/mol. The van der Waals surface area contributed by atoms with Gasteiger partial charge in [-0.15, -0.1) is 0 Å². The van der Waals surface area contributed by atoms with Crippen molar-refractivity contribution in [2.24, 2.45) is 10.9 Å². The molecule has 1 N–H and O–H groups in total. The third kappa shape index (κ3) is 4.82. The molecule has 0 spiro atoms. The van der Waals surface area contributed by atoms with Crippen LogP contribution in [0.1, 0.15) is 17.5 Å². The van der Waals surface area contributed by atoms with Gasteiger partial charge in [-0.05, 0) is 23.6 Å². The molecule has 2 heterocycles. The first-order chi connectivity index (χ1) is 12.3. The van der Waals surface area contributed by atoms with Crippen LogP contribution in [0, 0.1) is 5.92 Å². The van der Waals surface area contributed by atoms with E-state index in [9.17, 15) is 0 Å². The second-order valence-electron chi connectivity index (χ2n) is 6.48. The standard InChI is InChI=1S/C19H27N5O/c1-20-19(23-10-7-18(13-23)15-25-2)21-12-16-5-3-6-17(11-16)14-24-9-4-8-22-24/h3-6,8-9,11,18H,7,10,12-15H2,1-2H3,(H,20,21). The summed E-state index contributed by atoms with van der Waals surface area (Å²) in [4.78, 5) is 6.76. The predicted molar refractivity (Wildman–Crippen MR) is 99.5 cm³/mol. The summed E-state index contributed by atoms with van der Waals surface area (Å²) in [5.41, 5.74) is 2.50. The normalized spacial score (nSPS) is 17.9. The van der Waals surface area contributed by atoms with Gasteiger partial charge in [0.1, 0.15) is 0 Å². The van der Waals surface area contributed by atoms with Crippen LogP contribution in [0.3, 0.4) is 0 Å². The van der Waals surface area contributed by atoms with Crippen LogP contribution in [0.25, 0.3) is 0 Å². The van der Waals surface area contributed by atoms with E-state index in [2.05, 4.69) is 44.6 Å². The first kappa shape index (κ1) is 17.5. The maximum absolute atomic E-state index is 5.28. The predicted octanol–water partition coefficient (Wildman–Crippen LogP) is 1.98. The number of benzene rings is 1. The number of hydrogen-bond acceptors (Lipinski definition) is 3. The molecule has 1 atom stereocenters. The van der Waals surface area contributed by atoms with Gasteiger partial charge in [0.25, 0.3) is 0 Å². The zero-order valence-corrected chi connectivity index (χ0v) is 15.1. The highest BCUT2D eigenvalue weighted by molar-refractivity contribution is 5.80. The summed E-state index contributed by atoms with van der Waals surface area (Å²) >= 11 is 0. The van der Waals surface area contributed by atoms with Gasteiger partial charge in [-0.1, -0.05) is 24.3 Å². The van der Waals surface area contributed by atoms with Crippen LogP contribution < -0.4 is 5.32 Å². The van der Waals surface area contributed by atoms with Crippen molar-refractivity contribution in [1.29, 1.82) is 0 Å². The van der Waals surface area contributed by atoms with Crippen LogP contribution in [-0.2, 0) is 17.8 Å². The summed E-state index contributed by atoms with van der Waals surface area (Å²) in [7, 11) is 3.62. The van der Waals surface area contributed by atoms with Gasteiger partial charge in [-0.25, -0.2) is 0 Å². The van der Waals surface area contributed by atoms with Crippen molar-refractivity contribution in [3.8, 4) is 0 Å². The first-order valence-electron chi connectivity index (χ1n) is 8.78. The maximum atomic E-state index is 5.28. The third-order valence-corrected chi connectivity index (χ3v) is 4.55. The van der Waals surface area contributed by atoms with E-state index in [0.29, 0.717) is 5.92 Å². The Kier molecular flexibility index (Phi) is 6.06. The minimum Gasteiger partial charge on any atom is -0.384 e. The van der Waals surface area contributed by atoms with Gasteiger partial charge >= 0.3 is 0 Å². The Morgan fingerprint density at radius 1 is 1.36 bits per heavy atom. The topological polar surface area (TPSA) is 54.7 Å². The number of hydrogen-bond donors (Lipinski definition) is 1. The largest absolute Gasteiger partial charge is 0.384 e. The molecule has 25 heavy (non-hydrogen) atoms. The molecule has 0 saturated carbocycles. The van der Waals surface area contributed by atoms with Gasteiger partial charge in [0.2, 0.25) is 0 Å². The quantitative estimate of drug-likeness (QED) is 0.645. The van der Waals surface area contributed by atoms with E-state index >= 15 is 0 Å². The molecule has 3 rings (SSSR count). The molecule has 2 aromatic rings. The summed E-state index contributed by atoms with van der Waals surface area (Å²) < 4.78 is 7.22. The van der Waals surface area contributed by atoms with Crippen molar-refractivity contribution in [2.45, 2.75) is 19.5 Å². The van der Waals surface area contributed by atoms with Gasteiger partial charge < -0.3 is 15.0 Å². The van der Waals surface area contributed by atoms with Gasteiger partial charge in [-0.3, -0.25) is 9.67 Å². The summed E-state index contributed by atoms with van der Waals surface area (Å²) in [6, 6.07) is 10.5. The lowest BCUT2D eigenvalue weighted by Crippen LogP contribution is -2.39. The molecule has 0 radical (unpaired) electrons. The number of aromatic nitrogens is 2. The van der Waals surface area contributed by atoms with Crippen molar-refractivity contribution in [3.63, 3.8) is 0 Å². The molecular formula is C19H27N5O. The minimum atomic E-state index is 0.598. The summed E-state index contributed by atoms with van der Waals surface area (Å²) in [6.07, 6.45) is 4.95. The highest BCUT2D eigenvalue weighted by Gasteiger charge is 2.24. The first-order valence-corrected chi connectivity index (χ1v) is 8.78. The van der Waals surface area contributed by atoms with Crippen LogP contribution in [0.2, 0.25) is 0 Å². The molecule has 1 aromatic carbocycles. The van der Waals surface area contributed by atoms with E-state index in [0.717, 1.165) is 45.2 Å². The van der Waals surface area contributed by atoms with E-state index < -0.39 is 0 Å². The molecule has 6 nitrogen and oxygen atoms in total. The number of nitrogens with zero attached hydrogens (tertiary/aromatic N) is 4. The lowest BCUT2D eigenvalue weighted by atomic mass is 10.1. The van der Waals surface area contributed by atoms with E-state index in [-0.39, 0.29) is 0 Å². The molecule has 0 amide bonds. The number of rotatable bonds is 6. The molecule has 134 valence electrons. The monoisotopic (exact) mass is 341 g/mol. The number of ether oxygens (including phenoxy) is 1. The molecule has 1 aromatic heterocycles. The molecule has 6 heteroatoms. The highest BCUT2D eigenvalue weighted by atomic mass is 16.5. The van der Waals surface area contributed by atoms with Gasteiger partial charge in [0, 0.05) is 52.1 Å². The second kappa shape index (κ2) is 8.67. The van der Waals surface area contributed by atoms with E-state index in [1.54, 1.807) is 7.11 Å². The lowest BCUT2D eigenvalue weighted by molar-refractivity contribution is 0.157. The fourth-order valence-electron chi connectivity index (χ4n) is 3.33. The number of nitrogens with one attached hydrogen (secondary N) is 1. The SMILES string of the molecule is CN=C(NCc1cccc(Cn2cccn2)c1)N1CCC(COC)C1. The van der Waals surface area contributed by atoms with E-state index in [1.165, 1.54) is 11.1 Å². The van der Waals surface area contributed by atoms with Crippen LogP contribution in [0.15, 0.2) is 47.7 Å². The molecule has 1 saturated heterocycles. The molecule has 1 aliphatic heterocycles. The van der Waals surface area contributed by atoms with Crippen molar-refractivity contribution in [3.05, 3.63) is 53.9 Å². The van der Waals surface area contributed by atoms with Crippen LogP contribution >= 0.6 is 0 Å². The van der Waals surface area contributed by atoms with Crippen molar-refractivity contribution < 1.29 is 4.74 Å². The summed E-state index contributed by atoms with van der Waals surface area (Å²) in [5, 5.41) is 7.76. The minimum absolute atomic E-state index is 0.598. The van der Waals surface area contributed by atoms with Crippen molar-refractivity contribution >= 4 is 5.96 Å². The Hall–Kier alpha value is -2.34. The fraction of sp³-hybridized carbons (Fsp3) is 0.474. The van der Waals surface area contributed by atoms with Gasteiger partial charge in [-0.2, -0.15) is 5.10 Å². The van der Waals surface area contributed by atoms with Crippen LogP contribution in [0.5, 0.6) is 0 Å². The molecule has 1 aliphatic rings. The van der Waals surface area contributed by atoms with Crippen molar-refractivity contribution in [1.82, 2.24) is 20.0 Å². The Balaban J connectivity index is 1.55. The fourth-order valence-corrected chi connectivity index (χ4v) is 3.33. The van der Waals surface area contributed by atoms with Crippen LogP contribution in [-0.4, -0.2) is 54.5 Å². The number of aliphatic imine (C=N–C) groups is 1. The Labute approximate surface area is 149 Å². The smallest absolute Gasteiger partial charge is 0.193 e. The lowest BCUT2D eigenvalue weighted by Gasteiger charge is -2.21. The third-order valence-electron chi connectivity index (χ3n) is 4.55. The molecule has 0 bridgehead atoms. The summed E-state index contributed by atoms with van der Waals surface area (Å²) in [5.74, 6) is 1.57. The molecule has 0 aliphatic carbocycles. The van der Waals surface area contributed by atoms with E-state index in [4.69, 9.17) is 4.74 Å². The highest BCUT2D eigenvalue weighted by Crippen LogP contribution is 2.16. The van der Waals surface area contributed by atoms with Crippen molar-refractivity contribution in [2.75, 3.05) is 33.9 Å².